The summed E-state index contributed by atoms with van der Waals surface area (Å²) in [7, 11) is 0. The molecular formula is C11H11F3N2O3. The Kier molecular flexibility index (Phi) is 3.61. The van der Waals surface area contributed by atoms with Crippen LogP contribution < -0.4 is 4.90 Å². The third kappa shape index (κ3) is 2.95. The molecule has 0 spiro atoms. The molecule has 1 aromatic heterocycles. The van der Waals surface area contributed by atoms with Gasteiger partial charge < -0.3 is 14.7 Å². The zero-order chi connectivity index (χ0) is 14.0. The number of hydrogen-bond acceptors (Lipinski definition) is 4. The molecule has 0 amide bonds. The molecule has 2 heterocycles. The van der Waals surface area contributed by atoms with Crippen LogP contribution in [0, 0.1) is 0 Å². The predicted octanol–water partition coefficient (Wildman–Crippen LogP) is 1.55. The fourth-order valence-corrected chi connectivity index (χ4v) is 1.86. The fourth-order valence-electron chi connectivity index (χ4n) is 1.86. The third-order valence-corrected chi connectivity index (χ3v) is 2.75. The summed E-state index contributed by atoms with van der Waals surface area (Å²) >= 11 is 0. The monoisotopic (exact) mass is 276 g/mol. The minimum atomic E-state index is -4.48. The van der Waals surface area contributed by atoms with Gasteiger partial charge in [0.25, 0.3) is 0 Å². The van der Waals surface area contributed by atoms with E-state index in [9.17, 15) is 18.0 Å². The number of aromatic carboxylic acids is 1. The number of nitrogens with zero attached hydrogens (tertiary/aromatic N) is 2. The van der Waals surface area contributed by atoms with E-state index in [0.717, 1.165) is 0 Å². The topological polar surface area (TPSA) is 62.7 Å². The number of anilines is 1. The summed E-state index contributed by atoms with van der Waals surface area (Å²) < 4.78 is 42.5. The van der Waals surface area contributed by atoms with E-state index < -0.39 is 24.8 Å². The van der Waals surface area contributed by atoms with E-state index in [2.05, 4.69) is 9.72 Å². The first-order valence-electron chi connectivity index (χ1n) is 5.51. The van der Waals surface area contributed by atoms with Gasteiger partial charge in [-0.25, -0.2) is 9.78 Å². The summed E-state index contributed by atoms with van der Waals surface area (Å²) in [6, 6.07) is 2.73. The van der Waals surface area contributed by atoms with Crippen LogP contribution >= 0.6 is 0 Å². The Hall–Kier alpha value is -1.83. The van der Waals surface area contributed by atoms with Crippen LogP contribution in [-0.2, 0) is 4.74 Å². The maximum Gasteiger partial charge on any atom is 0.416 e. The molecular weight excluding hydrogens is 265 g/mol. The van der Waals surface area contributed by atoms with Crippen LogP contribution in [-0.4, -0.2) is 48.0 Å². The van der Waals surface area contributed by atoms with E-state index in [4.69, 9.17) is 5.11 Å². The molecule has 0 aromatic carbocycles. The lowest BCUT2D eigenvalue weighted by molar-refractivity contribution is -0.221. The lowest BCUT2D eigenvalue weighted by atomic mass is 10.2. The molecule has 1 aliphatic rings. The molecule has 104 valence electrons. The summed E-state index contributed by atoms with van der Waals surface area (Å²) in [5, 5.41) is 9.00. The molecule has 1 saturated heterocycles. The second kappa shape index (κ2) is 5.04. The van der Waals surface area contributed by atoms with Crippen molar-refractivity contribution in [2.45, 2.75) is 12.3 Å². The summed E-state index contributed by atoms with van der Waals surface area (Å²) in [5.41, 5.74) is -0.120. The van der Waals surface area contributed by atoms with Crippen molar-refractivity contribution in [3.63, 3.8) is 0 Å². The van der Waals surface area contributed by atoms with Crippen molar-refractivity contribution >= 4 is 11.8 Å². The van der Waals surface area contributed by atoms with Crippen molar-refractivity contribution in [3.8, 4) is 0 Å². The molecule has 1 unspecified atom stereocenters. The van der Waals surface area contributed by atoms with E-state index >= 15 is 0 Å². The highest BCUT2D eigenvalue weighted by Gasteiger charge is 2.44. The van der Waals surface area contributed by atoms with Gasteiger partial charge in [0.15, 0.2) is 6.10 Å². The Morgan fingerprint density at radius 3 is 2.89 bits per heavy atom. The van der Waals surface area contributed by atoms with Crippen LogP contribution in [0.15, 0.2) is 18.3 Å². The van der Waals surface area contributed by atoms with Gasteiger partial charge in [-0.3, -0.25) is 0 Å². The van der Waals surface area contributed by atoms with Gasteiger partial charge in [0.05, 0.1) is 13.2 Å². The number of aromatic nitrogens is 1. The van der Waals surface area contributed by atoms with E-state index in [1.165, 1.54) is 23.2 Å². The highest BCUT2D eigenvalue weighted by Crippen LogP contribution is 2.28. The maximum atomic E-state index is 12.6. The summed E-state index contributed by atoms with van der Waals surface area (Å²) in [6.45, 7) is -0.412. The molecule has 8 heteroatoms. The number of alkyl halides is 3. The van der Waals surface area contributed by atoms with Crippen LogP contribution in [0.3, 0.4) is 0 Å². The normalized spacial score (nSPS) is 20.4. The average molecular weight is 276 g/mol. The van der Waals surface area contributed by atoms with Crippen molar-refractivity contribution in [3.05, 3.63) is 23.9 Å². The largest absolute Gasteiger partial charge is 0.478 e. The van der Waals surface area contributed by atoms with Gasteiger partial charge >= 0.3 is 12.1 Å². The van der Waals surface area contributed by atoms with Crippen molar-refractivity contribution in [2.24, 2.45) is 0 Å². The third-order valence-electron chi connectivity index (χ3n) is 2.75. The molecule has 0 saturated carbocycles. The van der Waals surface area contributed by atoms with Crippen molar-refractivity contribution in [1.82, 2.24) is 4.98 Å². The highest BCUT2D eigenvalue weighted by atomic mass is 19.4. The summed E-state index contributed by atoms with van der Waals surface area (Å²) in [4.78, 5) is 16.2. The molecule has 0 bridgehead atoms. The van der Waals surface area contributed by atoms with Crippen molar-refractivity contribution in [1.29, 1.82) is 0 Å². The van der Waals surface area contributed by atoms with Crippen molar-refractivity contribution in [2.75, 3.05) is 24.6 Å². The van der Waals surface area contributed by atoms with Crippen LogP contribution in [0.1, 0.15) is 10.4 Å². The second-order valence-electron chi connectivity index (χ2n) is 4.03. The highest BCUT2D eigenvalue weighted by molar-refractivity contribution is 5.93. The molecule has 1 fully saturated rings. The fraction of sp³-hybridized carbons (Fsp3) is 0.455. The number of pyridine rings is 1. The number of carbonyl (C=O) groups is 1. The first-order chi connectivity index (χ1) is 8.89. The van der Waals surface area contributed by atoms with Gasteiger partial charge in [-0.1, -0.05) is 0 Å². The molecule has 2 rings (SSSR count). The number of rotatable bonds is 2. The van der Waals surface area contributed by atoms with E-state index in [-0.39, 0.29) is 24.5 Å². The molecule has 0 radical (unpaired) electrons. The van der Waals surface area contributed by atoms with Crippen molar-refractivity contribution < 1.29 is 27.8 Å². The summed E-state index contributed by atoms with van der Waals surface area (Å²) in [5.74, 6) is -1.19. The number of halogens is 3. The first kappa shape index (κ1) is 13.6. The number of morpholine rings is 1. The Balaban J connectivity index is 2.25. The predicted molar refractivity (Wildman–Crippen MR) is 59.2 cm³/mol. The molecule has 5 nitrogen and oxygen atoms in total. The Labute approximate surface area is 106 Å². The number of hydrogen-bond donors (Lipinski definition) is 1. The standard InChI is InChI=1S/C11H11F3N2O3/c12-11(13,14)8-6-16(4-5-19-8)9-7(10(17)18)2-1-3-15-9/h1-3,8H,4-6H2,(H,17,18). The molecule has 1 N–H and O–H groups in total. The Morgan fingerprint density at radius 1 is 1.53 bits per heavy atom. The molecule has 1 aromatic rings. The van der Waals surface area contributed by atoms with Crippen LogP contribution in [0.25, 0.3) is 0 Å². The van der Waals surface area contributed by atoms with E-state index in [0.29, 0.717) is 0 Å². The smallest absolute Gasteiger partial charge is 0.416 e. The van der Waals surface area contributed by atoms with Gasteiger partial charge in [0, 0.05) is 12.7 Å². The van der Waals surface area contributed by atoms with E-state index in [1.54, 1.807) is 0 Å². The molecule has 19 heavy (non-hydrogen) atoms. The minimum absolute atomic E-state index is 0.0348. The van der Waals surface area contributed by atoms with E-state index in [1.807, 2.05) is 0 Å². The SMILES string of the molecule is O=C(O)c1cccnc1N1CCOC(C(F)(F)F)C1. The lowest BCUT2D eigenvalue weighted by Crippen LogP contribution is -2.49. The first-order valence-corrected chi connectivity index (χ1v) is 5.51. The molecule has 1 aliphatic heterocycles. The Bertz CT molecular complexity index is 478. The van der Waals surface area contributed by atoms with Crippen LogP contribution in [0.4, 0.5) is 19.0 Å². The average Bonchev–Trinajstić information content (AvgIpc) is 2.38. The lowest BCUT2D eigenvalue weighted by Gasteiger charge is -2.34. The summed E-state index contributed by atoms with van der Waals surface area (Å²) in [6.07, 6.45) is -5.05. The van der Waals surface area contributed by atoms with Gasteiger partial charge in [0.1, 0.15) is 11.4 Å². The van der Waals surface area contributed by atoms with Gasteiger partial charge in [-0.15, -0.1) is 0 Å². The van der Waals surface area contributed by atoms with Crippen LogP contribution in [0.5, 0.6) is 0 Å². The van der Waals surface area contributed by atoms with Gasteiger partial charge in [-0.2, -0.15) is 13.2 Å². The number of carboxylic acids is 1. The minimum Gasteiger partial charge on any atom is -0.478 e. The second-order valence-corrected chi connectivity index (χ2v) is 4.03. The Morgan fingerprint density at radius 2 is 2.26 bits per heavy atom. The zero-order valence-corrected chi connectivity index (χ0v) is 9.72. The van der Waals surface area contributed by atoms with Crippen LogP contribution in [0.2, 0.25) is 0 Å². The van der Waals surface area contributed by atoms with Gasteiger partial charge in [-0.05, 0) is 12.1 Å². The zero-order valence-electron chi connectivity index (χ0n) is 9.72. The number of ether oxygens (including phenoxy) is 1. The number of carboxylic acid groups (broad SMARTS) is 1. The van der Waals surface area contributed by atoms with Gasteiger partial charge in [0.2, 0.25) is 0 Å². The molecule has 0 aliphatic carbocycles. The maximum absolute atomic E-state index is 12.6. The molecule has 1 atom stereocenters. The quantitative estimate of drug-likeness (QED) is 0.888.